The van der Waals surface area contributed by atoms with Crippen LogP contribution in [-0.4, -0.2) is 26.8 Å². The van der Waals surface area contributed by atoms with Gasteiger partial charge in [0.2, 0.25) is 0 Å². The minimum Gasteiger partial charge on any atom is -0.507 e. The Morgan fingerprint density at radius 1 is 0.926 bits per heavy atom. The topological polar surface area (TPSA) is 83.4 Å². The lowest BCUT2D eigenvalue weighted by Crippen LogP contribution is -2.30. The third-order valence-corrected chi connectivity index (χ3v) is 4.39. The SMILES string of the molecule is O=C1C(=O)N(c2ccccn2)[C@H](c2cccnc2)C1=C(O)c1ccccc1. The summed E-state index contributed by atoms with van der Waals surface area (Å²) in [5.41, 5.74) is 1.09. The van der Waals surface area contributed by atoms with Crippen LogP contribution in [0, 0.1) is 0 Å². The summed E-state index contributed by atoms with van der Waals surface area (Å²) in [6, 6.07) is 16.5. The lowest BCUT2D eigenvalue weighted by atomic mass is 9.96. The van der Waals surface area contributed by atoms with Gasteiger partial charge in [-0.1, -0.05) is 42.5 Å². The standard InChI is InChI=1S/C21H15N3O3/c25-19(14-7-2-1-3-8-14)17-18(15-9-6-11-22-13-15)24(21(27)20(17)26)16-10-4-5-12-23-16/h1-13,18,25H/t18-/m1/s1. The molecule has 6 heteroatoms. The van der Waals surface area contributed by atoms with Crippen LogP contribution in [0.1, 0.15) is 17.2 Å². The molecule has 1 atom stereocenters. The molecule has 4 rings (SSSR count). The van der Waals surface area contributed by atoms with Crippen LogP contribution in [0.5, 0.6) is 0 Å². The van der Waals surface area contributed by atoms with E-state index in [9.17, 15) is 14.7 Å². The zero-order chi connectivity index (χ0) is 18.8. The number of carbonyl (C=O) groups is 2. The van der Waals surface area contributed by atoms with Crippen molar-refractivity contribution in [1.82, 2.24) is 9.97 Å². The molecule has 0 saturated carbocycles. The number of Topliss-reactive ketones (excluding diaryl/α,β-unsaturated/α-hetero) is 1. The Morgan fingerprint density at radius 3 is 2.37 bits per heavy atom. The number of anilines is 1. The highest BCUT2D eigenvalue weighted by atomic mass is 16.3. The first-order valence-corrected chi connectivity index (χ1v) is 8.36. The molecule has 1 aliphatic rings. The van der Waals surface area contributed by atoms with Crippen molar-refractivity contribution in [2.24, 2.45) is 0 Å². The van der Waals surface area contributed by atoms with Crippen LogP contribution in [0.25, 0.3) is 5.76 Å². The number of aliphatic hydroxyl groups excluding tert-OH is 1. The van der Waals surface area contributed by atoms with Crippen molar-refractivity contribution in [3.8, 4) is 0 Å². The van der Waals surface area contributed by atoms with Gasteiger partial charge in [-0.2, -0.15) is 0 Å². The summed E-state index contributed by atoms with van der Waals surface area (Å²) in [5.74, 6) is -1.38. The smallest absolute Gasteiger partial charge is 0.301 e. The highest BCUT2D eigenvalue weighted by Gasteiger charge is 2.47. The Balaban J connectivity index is 1.95. The van der Waals surface area contributed by atoms with Crippen molar-refractivity contribution in [1.29, 1.82) is 0 Å². The summed E-state index contributed by atoms with van der Waals surface area (Å²) in [6.07, 6.45) is 4.73. The van der Waals surface area contributed by atoms with E-state index in [1.807, 2.05) is 6.07 Å². The Labute approximate surface area is 155 Å². The third-order valence-electron chi connectivity index (χ3n) is 4.39. The highest BCUT2D eigenvalue weighted by Crippen LogP contribution is 2.41. The van der Waals surface area contributed by atoms with E-state index in [1.54, 1.807) is 73.2 Å². The van der Waals surface area contributed by atoms with E-state index in [2.05, 4.69) is 9.97 Å². The lowest BCUT2D eigenvalue weighted by Gasteiger charge is -2.24. The molecular weight excluding hydrogens is 342 g/mol. The monoisotopic (exact) mass is 357 g/mol. The van der Waals surface area contributed by atoms with E-state index in [-0.39, 0.29) is 11.3 Å². The van der Waals surface area contributed by atoms with E-state index >= 15 is 0 Å². The molecule has 27 heavy (non-hydrogen) atoms. The molecule has 6 nitrogen and oxygen atoms in total. The molecular formula is C21H15N3O3. The van der Waals surface area contributed by atoms with Crippen molar-refractivity contribution in [2.75, 3.05) is 4.90 Å². The van der Waals surface area contributed by atoms with Crippen molar-refractivity contribution < 1.29 is 14.7 Å². The summed E-state index contributed by atoms with van der Waals surface area (Å²) in [4.78, 5) is 35.3. The molecule has 1 fully saturated rings. The molecule has 1 aromatic carbocycles. The average Bonchev–Trinajstić information content (AvgIpc) is 3.00. The fourth-order valence-corrected chi connectivity index (χ4v) is 3.17. The zero-order valence-electron chi connectivity index (χ0n) is 14.2. The quantitative estimate of drug-likeness (QED) is 0.442. The second-order valence-electron chi connectivity index (χ2n) is 6.01. The molecule has 3 aromatic rings. The fourth-order valence-electron chi connectivity index (χ4n) is 3.17. The number of pyridine rings is 2. The molecule has 1 saturated heterocycles. The Kier molecular flexibility index (Phi) is 4.22. The van der Waals surface area contributed by atoms with E-state index in [0.717, 1.165) is 0 Å². The maximum absolute atomic E-state index is 12.8. The second-order valence-corrected chi connectivity index (χ2v) is 6.01. The van der Waals surface area contributed by atoms with Gasteiger partial charge in [0.1, 0.15) is 11.6 Å². The van der Waals surface area contributed by atoms with Crippen molar-refractivity contribution in [3.05, 3.63) is 96.0 Å². The van der Waals surface area contributed by atoms with Gasteiger partial charge in [0.25, 0.3) is 5.78 Å². The number of carbonyl (C=O) groups excluding carboxylic acids is 2. The minimum absolute atomic E-state index is 0.0184. The number of aliphatic hydroxyl groups is 1. The number of rotatable bonds is 3. The van der Waals surface area contributed by atoms with E-state index < -0.39 is 17.7 Å². The van der Waals surface area contributed by atoms with Gasteiger partial charge in [0.05, 0.1) is 11.6 Å². The highest BCUT2D eigenvalue weighted by molar-refractivity contribution is 6.51. The van der Waals surface area contributed by atoms with Gasteiger partial charge in [-0.3, -0.25) is 19.5 Å². The van der Waals surface area contributed by atoms with Gasteiger partial charge in [-0.15, -0.1) is 0 Å². The molecule has 0 radical (unpaired) electrons. The van der Waals surface area contributed by atoms with Crippen LogP contribution in [-0.2, 0) is 9.59 Å². The summed E-state index contributed by atoms with van der Waals surface area (Å²) in [7, 11) is 0. The first-order valence-electron chi connectivity index (χ1n) is 8.36. The molecule has 3 heterocycles. The van der Waals surface area contributed by atoms with Gasteiger partial charge in [0, 0.05) is 24.2 Å². The molecule has 0 unspecified atom stereocenters. The van der Waals surface area contributed by atoms with Gasteiger partial charge in [0.15, 0.2) is 0 Å². The van der Waals surface area contributed by atoms with Crippen molar-refractivity contribution >= 4 is 23.3 Å². The first-order chi connectivity index (χ1) is 13.2. The van der Waals surface area contributed by atoms with E-state index in [1.165, 1.54) is 4.90 Å². The van der Waals surface area contributed by atoms with Crippen LogP contribution < -0.4 is 4.90 Å². The summed E-state index contributed by atoms with van der Waals surface area (Å²) in [5, 5.41) is 10.8. The predicted octanol–water partition coefficient (Wildman–Crippen LogP) is 3.10. The Morgan fingerprint density at radius 2 is 1.70 bits per heavy atom. The maximum atomic E-state index is 12.8. The Hall–Kier alpha value is -3.80. The molecule has 132 valence electrons. The Bertz CT molecular complexity index is 1020. The largest absolute Gasteiger partial charge is 0.507 e. The van der Waals surface area contributed by atoms with Gasteiger partial charge < -0.3 is 5.11 Å². The summed E-state index contributed by atoms with van der Waals surface area (Å²) < 4.78 is 0. The number of hydrogen-bond acceptors (Lipinski definition) is 5. The second kappa shape index (κ2) is 6.84. The number of benzene rings is 1. The predicted molar refractivity (Wildman–Crippen MR) is 99.7 cm³/mol. The summed E-state index contributed by atoms with van der Waals surface area (Å²) >= 11 is 0. The van der Waals surface area contributed by atoms with Gasteiger partial charge in [-0.05, 0) is 23.8 Å². The van der Waals surface area contributed by atoms with Crippen molar-refractivity contribution in [3.63, 3.8) is 0 Å². The average molecular weight is 357 g/mol. The molecule has 1 aliphatic heterocycles. The van der Waals surface area contributed by atoms with Crippen LogP contribution in [0.3, 0.4) is 0 Å². The maximum Gasteiger partial charge on any atom is 0.301 e. The van der Waals surface area contributed by atoms with Crippen LogP contribution in [0.2, 0.25) is 0 Å². The van der Waals surface area contributed by atoms with E-state index in [4.69, 9.17) is 0 Å². The molecule has 1 N–H and O–H groups in total. The van der Waals surface area contributed by atoms with Gasteiger partial charge >= 0.3 is 5.91 Å². The van der Waals surface area contributed by atoms with Crippen molar-refractivity contribution in [2.45, 2.75) is 6.04 Å². The van der Waals surface area contributed by atoms with Crippen LogP contribution >= 0.6 is 0 Å². The zero-order valence-corrected chi connectivity index (χ0v) is 14.2. The number of nitrogens with zero attached hydrogens (tertiary/aromatic N) is 3. The molecule has 0 aliphatic carbocycles. The fraction of sp³-hybridized carbons (Fsp3) is 0.0476. The van der Waals surface area contributed by atoms with E-state index in [0.29, 0.717) is 16.9 Å². The minimum atomic E-state index is -0.811. The lowest BCUT2D eigenvalue weighted by molar-refractivity contribution is -0.132. The molecule has 0 bridgehead atoms. The molecule has 2 aromatic heterocycles. The van der Waals surface area contributed by atoms with Crippen LogP contribution in [0.15, 0.2) is 84.8 Å². The summed E-state index contributed by atoms with van der Waals surface area (Å²) in [6.45, 7) is 0. The number of aromatic nitrogens is 2. The van der Waals surface area contributed by atoms with Crippen LogP contribution in [0.4, 0.5) is 5.82 Å². The number of ketones is 1. The normalized spacial score (nSPS) is 18.7. The third kappa shape index (κ3) is 2.87. The first kappa shape index (κ1) is 16.7. The number of amides is 1. The molecule has 0 spiro atoms. The number of hydrogen-bond donors (Lipinski definition) is 1. The van der Waals surface area contributed by atoms with Gasteiger partial charge in [-0.25, -0.2) is 4.98 Å². The molecule has 1 amide bonds.